The van der Waals surface area contributed by atoms with E-state index in [4.69, 9.17) is 32.7 Å². The number of hydrogen-bond acceptors (Lipinski definition) is 6. The third-order valence-electron chi connectivity index (χ3n) is 4.32. The first kappa shape index (κ1) is 24.1. The smallest absolute Gasteiger partial charge is 0.426 e. The fourth-order valence-electron chi connectivity index (χ4n) is 2.81. The van der Waals surface area contributed by atoms with Gasteiger partial charge in [-0.2, -0.15) is 18.2 Å². The van der Waals surface area contributed by atoms with Crippen LogP contribution in [0, 0.1) is 5.92 Å². The molecular weight excluding hydrogens is 494 g/mol. The zero-order valence-corrected chi connectivity index (χ0v) is 18.6. The maximum atomic E-state index is 13.8. The van der Waals surface area contributed by atoms with Crippen LogP contribution in [0.5, 0.6) is 11.8 Å². The van der Waals surface area contributed by atoms with E-state index in [1.807, 2.05) is 0 Å². The predicted octanol–water partition coefficient (Wildman–Crippen LogP) is 5.11. The van der Waals surface area contributed by atoms with Crippen molar-refractivity contribution in [3.8, 4) is 11.8 Å². The van der Waals surface area contributed by atoms with Crippen LogP contribution in [0.3, 0.4) is 0 Å². The number of halogens is 5. The van der Waals surface area contributed by atoms with E-state index in [0.29, 0.717) is 0 Å². The van der Waals surface area contributed by atoms with Gasteiger partial charge in [0.15, 0.2) is 0 Å². The summed E-state index contributed by atoms with van der Waals surface area (Å²) < 4.78 is 79.3. The second-order valence-corrected chi connectivity index (χ2v) is 8.96. The minimum Gasteiger partial charge on any atom is -0.481 e. The van der Waals surface area contributed by atoms with Crippen molar-refractivity contribution in [3.05, 3.63) is 52.7 Å². The molecular formula is C19H16Cl2F3N3O4S. The summed E-state index contributed by atoms with van der Waals surface area (Å²) in [6.45, 7) is 0. The molecule has 0 aliphatic carbocycles. The summed E-state index contributed by atoms with van der Waals surface area (Å²) in [5, 5.41) is -0.260. The number of aromatic nitrogens is 1. The Labute approximate surface area is 191 Å². The number of pyridine rings is 1. The monoisotopic (exact) mass is 509 g/mol. The Kier molecular flexibility index (Phi) is 7.21. The molecule has 2 heterocycles. The molecule has 0 radical (unpaired) electrons. The number of alkyl halides is 3. The van der Waals surface area contributed by atoms with E-state index in [9.17, 15) is 21.6 Å². The Hall–Kier alpha value is -2.50. The Morgan fingerprint density at radius 2 is 1.97 bits per heavy atom. The van der Waals surface area contributed by atoms with E-state index in [2.05, 4.69) is 14.7 Å². The molecule has 1 aliphatic rings. The number of anilines is 1. The van der Waals surface area contributed by atoms with Gasteiger partial charge in [0.25, 0.3) is 10.0 Å². The fraction of sp³-hybridized carbons (Fsp3) is 0.263. The van der Waals surface area contributed by atoms with Crippen LogP contribution in [0.2, 0.25) is 10.0 Å². The first-order chi connectivity index (χ1) is 15.0. The zero-order chi connectivity index (χ0) is 23.5. The largest absolute Gasteiger partial charge is 0.481 e. The number of aliphatic imine (C=N–C) groups is 1. The van der Waals surface area contributed by atoms with Gasteiger partial charge < -0.3 is 9.47 Å². The molecule has 0 saturated heterocycles. The van der Waals surface area contributed by atoms with Gasteiger partial charge in [-0.25, -0.2) is 8.42 Å². The second-order valence-electron chi connectivity index (χ2n) is 6.53. The van der Waals surface area contributed by atoms with Crippen LogP contribution < -0.4 is 14.2 Å². The lowest BCUT2D eigenvalue weighted by Gasteiger charge is -2.28. The van der Waals surface area contributed by atoms with Gasteiger partial charge in [0.1, 0.15) is 10.6 Å². The number of hydrogen-bond donors (Lipinski definition) is 1. The lowest BCUT2D eigenvalue weighted by molar-refractivity contribution is -0.203. The molecule has 0 saturated carbocycles. The summed E-state index contributed by atoms with van der Waals surface area (Å²) in [6, 6.07) is 6.37. The number of allylic oxidation sites excluding steroid dienone is 1. The third kappa shape index (κ3) is 5.45. The van der Waals surface area contributed by atoms with Gasteiger partial charge >= 0.3 is 6.18 Å². The molecule has 0 amide bonds. The molecule has 2 atom stereocenters. The van der Waals surface area contributed by atoms with Crippen molar-refractivity contribution in [2.24, 2.45) is 10.9 Å². The van der Waals surface area contributed by atoms with Crippen LogP contribution in [-0.2, 0) is 10.0 Å². The van der Waals surface area contributed by atoms with Gasteiger partial charge in [0.2, 0.25) is 17.9 Å². The van der Waals surface area contributed by atoms with Crippen molar-refractivity contribution < 1.29 is 31.1 Å². The number of benzene rings is 1. The molecule has 1 aromatic heterocycles. The molecule has 1 aliphatic heterocycles. The first-order valence-electron chi connectivity index (χ1n) is 8.96. The molecule has 2 unspecified atom stereocenters. The van der Waals surface area contributed by atoms with Crippen LogP contribution in [0.15, 0.2) is 52.5 Å². The average Bonchev–Trinajstić information content (AvgIpc) is 2.74. The Bertz CT molecular complexity index is 1160. The highest BCUT2D eigenvalue weighted by molar-refractivity contribution is 7.92. The van der Waals surface area contributed by atoms with Crippen LogP contribution in [0.25, 0.3) is 0 Å². The number of sulfonamides is 1. The van der Waals surface area contributed by atoms with Gasteiger partial charge in [-0.3, -0.25) is 9.71 Å². The van der Waals surface area contributed by atoms with Crippen molar-refractivity contribution in [1.82, 2.24) is 4.98 Å². The zero-order valence-electron chi connectivity index (χ0n) is 16.3. The van der Waals surface area contributed by atoms with E-state index >= 15 is 0 Å². The normalized spacial score (nSPS) is 17.1. The van der Waals surface area contributed by atoms with Crippen LogP contribution in [0.4, 0.5) is 18.9 Å². The van der Waals surface area contributed by atoms with Gasteiger partial charge in [-0.15, -0.1) is 0 Å². The van der Waals surface area contributed by atoms with Crippen LogP contribution in [0.1, 0.15) is 6.42 Å². The summed E-state index contributed by atoms with van der Waals surface area (Å²) >= 11 is 11.9. The Balaban J connectivity index is 2.00. The third-order valence-corrected chi connectivity index (χ3v) is 6.66. The fourth-order valence-corrected chi connectivity index (χ4v) is 4.63. The summed E-state index contributed by atoms with van der Waals surface area (Å²) in [4.78, 5) is 7.23. The summed E-state index contributed by atoms with van der Waals surface area (Å²) in [6.07, 6.45) is -3.14. The van der Waals surface area contributed by atoms with E-state index in [0.717, 1.165) is 6.21 Å². The summed E-state index contributed by atoms with van der Waals surface area (Å²) in [7, 11) is -3.10. The number of ether oxygens (including phenoxy) is 2. The van der Waals surface area contributed by atoms with Crippen molar-refractivity contribution in [1.29, 1.82) is 0 Å². The van der Waals surface area contributed by atoms with Crippen molar-refractivity contribution in [3.63, 3.8) is 0 Å². The van der Waals surface area contributed by atoms with Gasteiger partial charge in [0.05, 0.1) is 17.2 Å². The molecule has 0 spiro atoms. The first-order valence-corrected chi connectivity index (χ1v) is 11.2. The van der Waals surface area contributed by atoms with Crippen LogP contribution in [-0.4, -0.2) is 39.0 Å². The van der Waals surface area contributed by atoms with Crippen molar-refractivity contribution in [2.45, 2.75) is 23.6 Å². The van der Waals surface area contributed by atoms with Gasteiger partial charge in [0, 0.05) is 24.4 Å². The number of rotatable bonds is 7. The molecule has 1 N–H and O–H groups in total. The van der Waals surface area contributed by atoms with Crippen molar-refractivity contribution in [2.75, 3.05) is 11.8 Å². The molecule has 1 aromatic carbocycles. The van der Waals surface area contributed by atoms with E-state index in [-0.39, 0.29) is 32.9 Å². The maximum Gasteiger partial charge on any atom is 0.426 e. The predicted molar refractivity (Wildman–Crippen MR) is 114 cm³/mol. The van der Waals surface area contributed by atoms with Gasteiger partial charge in [-0.1, -0.05) is 35.3 Å². The SMILES string of the molecule is COc1ccc(NS(=O)(=O)c2cccc(Cl)c2Cl)c(OC(C2C=NC=CC2)C(F)(F)F)n1. The van der Waals surface area contributed by atoms with E-state index < -0.39 is 34.1 Å². The number of nitrogens with zero attached hydrogens (tertiary/aromatic N) is 2. The van der Waals surface area contributed by atoms with Gasteiger partial charge in [-0.05, 0) is 24.6 Å². The molecule has 2 aromatic rings. The average molecular weight is 510 g/mol. The maximum absolute atomic E-state index is 13.8. The topological polar surface area (TPSA) is 89.9 Å². The van der Waals surface area contributed by atoms with Crippen LogP contribution >= 0.6 is 23.2 Å². The molecule has 0 fully saturated rings. The number of nitrogens with one attached hydrogen (secondary N) is 1. The quantitative estimate of drug-likeness (QED) is 0.559. The molecule has 0 bridgehead atoms. The van der Waals surface area contributed by atoms with E-state index in [1.54, 1.807) is 0 Å². The standard InChI is InChI=1S/C19H16Cl2F3N3O4S/c1-30-15-8-7-13(27-32(28,29)14-6-2-5-12(20)16(14)21)18(26-15)31-17(19(22,23)24)11-4-3-9-25-10-11/h2-3,5-11,17,27H,4H2,1H3. The minimum atomic E-state index is -4.79. The van der Waals surface area contributed by atoms with Crippen molar-refractivity contribution >= 4 is 45.1 Å². The summed E-state index contributed by atoms with van der Waals surface area (Å²) in [5.74, 6) is -1.85. The molecule has 3 rings (SSSR count). The highest BCUT2D eigenvalue weighted by Crippen LogP contribution is 2.37. The molecule has 7 nitrogen and oxygen atoms in total. The lowest BCUT2D eigenvalue weighted by Crippen LogP contribution is -2.42. The molecule has 172 valence electrons. The summed E-state index contributed by atoms with van der Waals surface area (Å²) in [5.41, 5.74) is -0.348. The molecule has 13 heteroatoms. The Morgan fingerprint density at radius 1 is 1.22 bits per heavy atom. The highest BCUT2D eigenvalue weighted by atomic mass is 35.5. The lowest BCUT2D eigenvalue weighted by atomic mass is 9.98. The highest BCUT2D eigenvalue weighted by Gasteiger charge is 2.47. The second kappa shape index (κ2) is 9.55. The number of methoxy groups -OCH3 is 1. The van der Waals surface area contributed by atoms with E-state index in [1.165, 1.54) is 49.7 Å². The minimum absolute atomic E-state index is 0.0133. The molecule has 32 heavy (non-hydrogen) atoms. The Morgan fingerprint density at radius 3 is 2.59 bits per heavy atom.